The Morgan fingerprint density at radius 1 is 1.03 bits per heavy atom. The fraction of sp³-hybridized carbons (Fsp3) is 0.600. The lowest BCUT2D eigenvalue weighted by Gasteiger charge is -2.31. The number of aliphatic hydroxyl groups excluding tert-OH is 1. The van der Waals surface area contributed by atoms with Gasteiger partial charge in [-0.3, -0.25) is 14.8 Å². The van der Waals surface area contributed by atoms with Crippen LogP contribution in [-0.2, 0) is 16.6 Å². The average Bonchev–Trinajstić information content (AvgIpc) is 2.90. The van der Waals surface area contributed by atoms with Gasteiger partial charge in [0.2, 0.25) is 5.91 Å². The molecule has 8 nitrogen and oxygen atoms in total. The predicted octanol–water partition coefficient (Wildman–Crippen LogP) is 5.03. The number of hydrogen-bond acceptors (Lipinski definition) is 6. The Bertz CT molecular complexity index is 1040. The molecule has 1 heterocycles. The Labute approximate surface area is 227 Å². The highest BCUT2D eigenvalue weighted by Gasteiger charge is 2.34. The molecule has 2 aromatic rings. The molecule has 0 aliphatic carbocycles. The number of aryl methyl sites for hydroxylation is 2. The molecule has 0 bridgehead atoms. The highest BCUT2D eigenvalue weighted by molar-refractivity contribution is 5.94. The largest absolute Gasteiger partial charge is 0.393 e. The molecule has 38 heavy (non-hydrogen) atoms. The van der Waals surface area contributed by atoms with Crippen molar-refractivity contribution < 1.29 is 19.9 Å². The number of amides is 2. The van der Waals surface area contributed by atoms with Gasteiger partial charge >= 0.3 is 0 Å². The summed E-state index contributed by atoms with van der Waals surface area (Å²) in [4.78, 5) is 33.4. The summed E-state index contributed by atoms with van der Waals surface area (Å²) in [6.45, 7) is 12.9. The Hall–Kier alpha value is -2.84. The van der Waals surface area contributed by atoms with Crippen molar-refractivity contribution in [2.45, 2.75) is 104 Å². The molecule has 8 heteroatoms. The van der Waals surface area contributed by atoms with Gasteiger partial charge in [0, 0.05) is 30.4 Å². The molecule has 0 aliphatic rings. The summed E-state index contributed by atoms with van der Waals surface area (Å²) in [5.41, 5.74) is 4.78. The SMILES string of the molecule is CCC(CC)(c1ccc(C(=O)NCCCCCC(=O)NO)cc1)c1ncc(CCC(O)C(C)(C)C)c(C)n1. The number of carbonyl (C=O) groups excluding carboxylic acids is 2. The Kier molecular flexibility index (Phi) is 11.9. The minimum atomic E-state index is -0.392. The Morgan fingerprint density at radius 2 is 1.68 bits per heavy atom. The van der Waals surface area contributed by atoms with Crippen molar-refractivity contribution in [1.82, 2.24) is 20.8 Å². The molecule has 0 fully saturated rings. The number of carbonyl (C=O) groups is 2. The van der Waals surface area contributed by atoms with Crippen LogP contribution >= 0.6 is 0 Å². The smallest absolute Gasteiger partial charge is 0.251 e. The van der Waals surface area contributed by atoms with Crippen molar-refractivity contribution in [3.8, 4) is 0 Å². The van der Waals surface area contributed by atoms with Gasteiger partial charge in [0.05, 0.1) is 11.5 Å². The third-order valence-corrected chi connectivity index (χ3v) is 7.59. The second kappa shape index (κ2) is 14.4. The molecule has 1 atom stereocenters. The molecular formula is C30H46N4O4. The third-order valence-electron chi connectivity index (χ3n) is 7.59. The second-order valence-electron chi connectivity index (χ2n) is 11.2. The minimum absolute atomic E-state index is 0.128. The molecule has 1 unspecified atom stereocenters. The van der Waals surface area contributed by atoms with E-state index in [9.17, 15) is 14.7 Å². The van der Waals surface area contributed by atoms with E-state index < -0.39 is 5.91 Å². The monoisotopic (exact) mass is 526 g/mol. The summed E-state index contributed by atoms with van der Waals surface area (Å²) in [7, 11) is 0. The van der Waals surface area contributed by atoms with Crippen molar-refractivity contribution in [2.75, 3.05) is 6.54 Å². The maximum Gasteiger partial charge on any atom is 0.251 e. The van der Waals surface area contributed by atoms with Gasteiger partial charge in [-0.15, -0.1) is 0 Å². The van der Waals surface area contributed by atoms with E-state index in [-0.39, 0.29) is 29.3 Å². The number of aromatic nitrogens is 2. The molecule has 0 spiro atoms. The van der Waals surface area contributed by atoms with Crippen LogP contribution in [0.4, 0.5) is 0 Å². The number of aliphatic hydroxyl groups is 1. The van der Waals surface area contributed by atoms with E-state index in [0.29, 0.717) is 24.9 Å². The van der Waals surface area contributed by atoms with Crippen LogP contribution in [0.1, 0.15) is 113 Å². The quantitative estimate of drug-likeness (QED) is 0.156. The van der Waals surface area contributed by atoms with Crippen LogP contribution < -0.4 is 10.8 Å². The average molecular weight is 527 g/mol. The molecular weight excluding hydrogens is 480 g/mol. The summed E-state index contributed by atoms with van der Waals surface area (Å²) in [6, 6.07) is 7.71. The number of benzene rings is 1. The Morgan fingerprint density at radius 3 is 2.24 bits per heavy atom. The van der Waals surface area contributed by atoms with Crippen molar-refractivity contribution in [1.29, 1.82) is 0 Å². The van der Waals surface area contributed by atoms with Crippen molar-refractivity contribution >= 4 is 11.8 Å². The standard InChI is InChI=1S/C30H46N4O4/c1-7-30(8-2,28-32-20-23(21(3)33-28)15-18-25(35)29(4,5)6)24-16-13-22(14-17-24)27(37)31-19-11-9-10-12-26(36)34-38/h13-14,16-17,20,25,35,38H,7-12,15,18-19H2,1-6H3,(H,31,37)(H,34,36). The number of hydroxylamine groups is 1. The van der Waals surface area contributed by atoms with Crippen LogP contribution in [-0.4, -0.2) is 44.7 Å². The van der Waals surface area contributed by atoms with Crippen LogP contribution in [0.5, 0.6) is 0 Å². The van der Waals surface area contributed by atoms with Gasteiger partial charge in [0.1, 0.15) is 5.82 Å². The normalized spacial score (nSPS) is 12.7. The van der Waals surface area contributed by atoms with Gasteiger partial charge in [-0.05, 0) is 74.1 Å². The van der Waals surface area contributed by atoms with Crippen molar-refractivity contribution in [3.63, 3.8) is 0 Å². The summed E-state index contributed by atoms with van der Waals surface area (Å²) in [5.74, 6) is 0.265. The van der Waals surface area contributed by atoms with E-state index in [2.05, 4.69) is 19.2 Å². The molecule has 1 aromatic heterocycles. The molecule has 0 aliphatic heterocycles. The van der Waals surface area contributed by atoms with E-state index in [0.717, 1.165) is 54.7 Å². The number of hydrogen-bond donors (Lipinski definition) is 4. The zero-order valence-corrected chi connectivity index (χ0v) is 23.9. The summed E-state index contributed by atoms with van der Waals surface area (Å²) in [5, 5.41) is 21.9. The van der Waals surface area contributed by atoms with Crippen LogP contribution in [0.25, 0.3) is 0 Å². The van der Waals surface area contributed by atoms with Gasteiger partial charge in [0.15, 0.2) is 0 Å². The third kappa shape index (κ3) is 8.33. The molecule has 2 amide bonds. The van der Waals surface area contributed by atoms with Gasteiger partial charge in [-0.25, -0.2) is 15.4 Å². The number of unbranched alkanes of at least 4 members (excludes halogenated alkanes) is 2. The van der Waals surface area contributed by atoms with Gasteiger partial charge in [-0.2, -0.15) is 0 Å². The predicted molar refractivity (Wildman–Crippen MR) is 149 cm³/mol. The van der Waals surface area contributed by atoms with E-state index in [1.165, 1.54) is 0 Å². The van der Waals surface area contributed by atoms with Gasteiger partial charge in [0.25, 0.3) is 5.91 Å². The fourth-order valence-corrected chi connectivity index (χ4v) is 4.68. The van der Waals surface area contributed by atoms with Crippen LogP contribution in [0, 0.1) is 12.3 Å². The van der Waals surface area contributed by atoms with Crippen LogP contribution in [0.15, 0.2) is 30.5 Å². The Balaban J connectivity index is 2.07. The van der Waals surface area contributed by atoms with Gasteiger partial charge < -0.3 is 10.4 Å². The lowest BCUT2D eigenvalue weighted by Crippen LogP contribution is -2.30. The maximum absolute atomic E-state index is 12.6. The summed E-state index contributed by atoms with van der Waals surface area (Å²) < 4.78 is 0. The number of nitrogens with one attached hydrogen (secondary N) is 2. The van der Waals surface area contributed by atoms with Gasteiger partial charge in [-0.1, -0.05) is 53.2 Å². The number of rotatable bonds is 14. The zero-order chi connectivity index (χ0) is 28.3. The van der Waals surface area contributed by atoms with Crippen LogP contribution in [0.2, 0.25) is 0 Å². The first-order chi connectivity index (χ1) is 18.0. The number of nitrogens with zero attached hydrogens (tertiary/aromatic N) is 2. The zero-order valence-electron chi connectivity index (χ0n) is 23.9. The van der Waals surface area contributed by atoms with Crippen molar-refractivity contribution in [3.05, 3.63) is 58.7 Å². The van der Waals surface area contributed by atoms with Crippen LogP contribution in [0.3, 0.4) is 0 Å². The first-order valence-electron chi connectivity index (χ1n) is 13.8. The van der Waals surface area contributed by atoms with E-state index in [1.54, 1.807) is 5.48 Å². The molecule has 2 rings (SSSR count). The summed E-state index contributed by atoms with van der Waals surface area (Å²) in [6.07, 6.45) is 7.06. The van der Waals surface area contributed by atoms with E-state index in [1.807, 2.05) is 58.2 Å². The lowest BCUT2D eigenvalue weighted by atomic mass is 9.74. The molecule has 0 saturated carbocycles. The topological polar surface area (TPSA) is 124 Å². The van der Waals surface area contributed by atoms with E-state index >= 15 is 0 Å². The lowest BCUT2D eigenvalue weighted by molar-refractivity contribution is -0.129. The minimum Gasteiger partial charge on any atom is -0.393 e. The first kappa shape index (κ1) is 31.4. The van der Waals surface area contributed by atoms with E-state index in [4.69, 9.17) is 15.2 Å². The molecule has 1 aromatic carbocycles. The molecule has 0 saturated heterocycles. The molecule has 4 N–H and O–H groups in total. The first-order valence-corrected chi connectivity index (χ1v) is 13.8. The maximum atomic E-state index is 12.6. The summed E-state index contributed by atoms with van der Waals surface area (Å²) >= 11 is 0. The van der Waals surface area contributed by atoms with Crippen molar-refractivity contribution in [2.24, 2.45) is 5.41 Å². The fourth-order valence-electron chi connectivity index (χ4n) is 4.68. The second-order valence-corrected chi connectivity index (χ2v) is 11.2. The molecule has 210 valence electrons. The highest BCUT2D eigenvalue weighted by Crippen LogP contribution is 2.37. The molecule has 0 radical (unpaired) electrons. The highest BCUT2D eigenvalue weighted by atomic mass is 16.5.